The van der Waals surface area contributed by atoms with Crippen LogP contribution >= 0.6 is 22.6 Å². The first-order valence-electron chi connectivity index (χ1n) is 10.9. The minimum Gasteiger partial charge on any atom is -0.341 e. The first kappa shape index (κ1) is 21.4. The lowest BCUT2D eigenvalue weighted by Gasteiger charge is -2.46. The van der Waals surface area contributed by atoms with Gasteiger partial charge < -0.3 is 10.2 Å². The number of Topliss-reactive ketones (excluding diaryl/α,β-unsaturated/α-hetero) is 1. The van der Waals surface area contributed by atoms with E-state index in [1.807, 2.05) is 27.5 Å². The van der Waals surface area contributed by atoms with E-state index in [1.165, 1.54) is 0 Å². The molecule has 2 aliphatic carbocycles. The topological polar surface area (TPSA) is 95.9 Å². The number of anilines is 1. The lowest BCUT2D eigenvalue weighted by atomic mass is 9.73. The third kappa shape index (κ3) is 3.42. The summed E-state index contributed by atoms with van der Waals surface area (Å²) in [5.41, 5.74) is 0.370. The van der Waals surface area contributed by atoms with E-state index in [0.717, 1.165) is 29.3 Å². The number of hydrogen-bond donors (Lipinski definition) is 1. The summed E-state index contributed by atoms with van der Waals surface area (Å²) in [5.74, 6) is -0.777. The maximum absolute atomic E-state index is 13.6. The molecule has 5 rings (SSSR count). The van der Waals surface area contributed by atoms with Crippen LogP contribution < -0.4 is 5.32 Å². The van der Waals surface area contributed by atoms with Gasteiger partial charge in [-0.2, -0.15) is 8.42 Å². The molecule has 2 saturated carbocycles. The molecule has 0 radical (unpaired) electrons. The number of fused-ring (bicyclic) bond motifs is 6. The van der Waals surface area contributed by atoms with Crippen molar-refractivity contribution in [1.29, 1.82) is 0 Å². The predicted molar refractivity (Wildman–Crippen MR) is 125 cm³/mol. The molecule has 1 aromatic carbocycles. The van der Waals surface area contributed by atoms with Crippen LogP contribution in [0.5, 0.6) is 0 Å². The highest BCUT2D eigenvalue weighted by atomic mass is 127. The van der Waals surface area contributed by atoms with Crippen LogP contribution in [0.2, 0.25) is 0 Å². The second-order valence-corrected chi connectivity index (χ2v) is 12.4. The fourth-order valence-electron chi connectivity index (χ4n) is 5.92. The number of carbonyl (C=O) groups excluding carboxylic acids is 2. The van der Waals surface area contributed by atoms with Crippen molar-refractivity contribution < 1.29 is 18.0 Å². The Morgan fingerprint density at radius 1 is 1.23 bits per heavy atom. The van der Waals surface area contributed by atoms with E-state index in [2.05, 4.69) is 23.6 Å². The zero-order valence-electron chi connectivity index (χ0n) is 17.5. The van der Waals surface area contributed by atoms with Gasteiger partial charge in [0.2, 0.25) is 5.91 Å². The van der Waals surface area contributed by atoms with Gasteiger partial charge >= 0.3 is 0 Å². The van der Waals surface area contributed by atoms with Crippen LogP contribution in [0.4, 0.5) is 5.69 Å². The van der Waals surface area contributed by atoms with Crippen molar-refractivity contribution in [2.45, 2.75) is 50.5 Å². The Balaban J connectivity index is 1.54. The van der Waals surface area contributed by atoms with Crippen LogP contribution in [0.1, 0.15) is 39.5 Å². The molecule has 1 aromatic rings. The van der Waals surface area contributed by atoms with Gasteiger partial charge in [-0.1, -0.05) is 13.8 Å². The number of likely N-dealkylation sites (tertiary alicyclic amines) is 1. The smallest absolute Gasteiger partial charge is 0.286 e. The predicted octanol–water partition coefficient (Wildman–Crippen LogP) is 3.29. The van der Waals surface area contributed by atoms with E-state index >= 15 is 0 Å². The van der Waals surface area contributed by atoms with Crippen molar-refractivity contribution in [3.8, 4) is 0 Å². The molecule has 3 unspecified atom stereocenters. The minimum atomic E-state index is -3.99. The molecular weight excluding hydrogens is 529 g/mol. The molecular formula is C22H26IN3O4S. The molecule has 31 heavy (non-hydrogen) atoms. The lowest BCUT2D eigenvalue weighted by molar-refractivity contribution is -0.152. The molecule has 4 aliphatic rings. The van der Waals surface area contributed by atoms with Gasteiger partial charge in [0.05, 0.1) is 5.69 Å². The quantitative estimate of drug-likeness (QED) is 0.455. The Kier molecular flexibility index (Phi) is 5.19. The van der Waals surface area contributed by atoms with Crippen molar-refractivity contribution in [1.82, 2.24) is 4.90 Å². The number of halogens is 1. The van der Waals surface area contributed by atoms with E-state index in [1.54, 1.807) is 18.2 Å². The molecule has 1 amide bonds. The number of rotatable bonds is 4. The number of piperidine rings is 1. The Labute approximate surface area is 196 Å². The highest BCUT2D eigenvalue weighted by molar-refractivity contribution is 14.1. The second kappa shape index (κ2) is 7.54. The fraction of sp³-hybridized carbons (Fsp3) is 0.591. The summed E-state index contributed by atoms with van der Waals surface area (Å²) in [4.78, 5) is 29.2. The van der Waals surface area contributed by atoms with Gasteiger partial charge in [-0.05, 0) is 84.2 Å². The number of amidine groups is 1. The van der Waals surface area contributed by atoms with Crippen LogP contribution in [-0.4, -0.2) is 43.4 Å². The van der Waals surface area contributed by atoms with E-state index in [9.17, 15) is 18.0 Å². The summed E-state index contributed by atoms with van der Waals surface area (Å²) in [5, 5.41) is 3.02. The molecule has 0 spiro atoms. The highest BCUT2D eigenvalue weighted by Crippen LogP contribution is 2.54. The summed E-state index contributed by atoms with van der Waals surface area (Å²) in [7, 11) is -3.99. The van der Waals surface area contributed by atoms with Gasteiger partial charge in [0.25, 0.3) is 10.0 Å². The molecule has 1 N–H and O–H groups in total. The van der Waals surface area contributed by atoms with Gasteiger partial charge in [0.1, 0.15) is 10.7 Å². The van der Waals surface area contributed by atoms with E-state index in [-0.39, 0.29) is 40.3 Å². The van der Waals surface area contributed by atoms with Crippen LogP contribution in [0.25, 0.3) is 0 Å². The number of ketones is 1. The summed E-state index contributed by atoms with van der Waals surface area (Å²) in [6.07, 6.45) is 3.91. The number of nitrogens with one attached hydrogen (secondary N) is 1. The summed E-state index contributed by atoms with van der Waals surface area (Å²) in [6.45, 7) is 4.83. The molecule has 2 heterocycles. The van der Waals surface area contributed by atoms with Crippen LogP contribution in [0, 0.1) is 33.2 Å². The van der Waals surface area contributed by atoms with Crippen molar-refractivity contribution in [3.05, 3.63) is 21.8 Å². The average Bonchev–Trinajstić information content (AvgIpc) is 3.30. The molecule has 1 saturated heterocycles. The Morgan fingerprint density at radius 3 is 2.71 bits per heavy atom. The largest absolute Gasteiger partial charge is 0.341 e. The lowest BCUT2D eigenvalue weighted by Crippen LogP contribution is -2.62. The number of nitrogens with zero attached hydrogens (tertiary/aromatic N) is 2. The van der Waals surface area contributed by atoms with Gasteiger partial charge in [0, 0.05) is 22.1 Å². The van der Waals surface area contributed by atoms with Crippen molar-refractivity contribution in [2.24, 2.45) is 34.0 Å². The Hall–Kier alpha value is -1.49. The molecule has 3 fully saturated rings. The van der Waals surface area contributed by atoms with Crippen molar-refractivity contribution >= 4 is 55.8 Å². The van der Waals surface area contributed by atoms with Gasteiger partial charge in [-0.3, -0.25) is 9.59 Å². The fourth-order valence-corrected chi connectivity index (χ4v) is 7.81. The third-order valence-corrected chi connectivity index (χ3v) is 9.30. The molecule has 2 bridgehead atoms. The number of sulfonamides is 1. The van der Waals surface area contributed by atoms with Crippen LogP contribution in [0.15, 0.2) is 27.5 Å². The van der Waals surface area contributed by atoms with Gasteiger partial charge in [0.15, 0.2) is 11.7 Å². The number of hydrogen-bond acceptors (Lipinski definition) is 5. The molecule has 9 heteroatoms. The highest BCUT2D eigenvalue weighted by Gasteiger charge is 2.60. The van der Waals surface area contributed by atoms with E-state index < -0.39 is 15.9 Å². The van der Waals surface area contributed by atoms with Crippen molar-refractivity contribution in [3.63, 3.8) is 0 Å². The Bertz CT molecular complexity index is 1100. The average molecular weight is 555 g/mol. The zero-order chi connectivity index (χ0) is 22.1. The van der Waals surface area contributed by atoms with E-state index in [0.29, 0.717) is 24.1 Å². The van der Waals surface area contributed by atoms with Crippen LogP contribution in [-0.2, 0) is 19.6 Å². The van der Waals surface area contributed by atoms with Gasteiger partial charge in [-0.15, -0.1) is 4.40 Å². The Morgan fingerprint density at radius 2 is 1.97 bits per heavy atom. The molecule has 2 aliphatic heterocycles. The van der Waals surface area contributed by atoms with Gasteiger partial charge in [-0.25, -0.2) is 0 Å². The van der Waals surface area contributed by atoms with Crippen molar-refractivity contribution in [2.75, 3.05) is 11.9 Å². The second-order valence-electron chi connectivity index (χ2n) is 9.62. The maximum atomic E-state index is 13.6. The monoisotopic (exact) mass is 555 g/mol. The molecule has 0 aromatic heterocycles. The first-order chi connectivity index (χ1) is 14.7. The summed E-state index contributed by atoms with van der Waals surface area (Å²) >= 11 is 2.05. The first-order valence-corrected chi connectivity index (χ1v) is 13.4. The number of carbonyl (C=O) groups is 2. The standard InChI is InChI=1S/C22H26IN3O4S/c1-11(2)7-8-26-19-13-4-3-12(9-13)17(19)20(27)18(22(26)28)21-24-15-6-5-14(23)10-16(15)31(29,30)25-21/h5-6,10-13,17-19H,3-4,7-9H2,1-2H3,(H,24,25)/t12-,13+,17?,18?,19?/m0/s1. The summed E-state index contributed by atoms with van der Waals surface area (Å²) < 4.78 is 30.5. The van der Waals surface area contributed by atoms with Crippen LogP contribution in [0.3, 0.4) is 0 Å². The zero-order valence-corrected chi connectivity index (χ0v) is 20.5. The third-order valence-electron chi connectivity index (χ3n) is 7.30. The normalized spacial score (nSPS) is 33.2. The number of amides is 1. The SMILES string of the molecule is CC(C)CCN1C(=O)C(C2=NS(=O)(=O)c3cc(I)ccc3N2)C(=O)C2C1[C@@H]1CC[C@H]2C1. The van der Waals surface area contributed by atoms with E-state index in [4.69, 9.17) is 0 Å². The molecule has 7 nitrogen and oxygen atoms in total. The summed E-state index contributed by atoms with van der Waals surface area (Å²) in [6, 6.07) is 4.96. The molecule has 166 valence electrons. The number of benzene rings is 1. The maximum Gasteiger partial charge on any atom is 0.286 e. The minimum absolute atomic E-state index is 0.0385. The molecule has 5 atom stereocenters.